The van der Waals surface area contributed by atoms with Crippen LogP contribution in [-0.2, 0) is 17.9 Å². The first-order chi connectivity index (χ1) is 16.8. The minimum atomic E-state index is -0.914. The van der Waals surface area contributed by atoms with Crippen LogP contribution in [0.2, 0.25) is 5.02 Å². The number of carbonyl (C=O) groups excluding carboxylic acids is 3. The molecule has 0 radical (unpaired) electrons. The summed E-state index contributed by atoms with van der Waals surface area (Å²) in [6, 6.07) is 10.6. The number of halogens is 3. The van der Waals surface area contributed by atoms with Gasteiger partial charge in [-0.15, -0.1) is 0 Å². The second-order valence-corrected chi connectivity index (χ2v) is 8.45. The summed E-state index contributed by atoms with van der Waals surface area (Å²) in [5.74, 6) is -2.53. The summed E-state index contributed by atoms with van der Waals surface area (Å²) in [5, 5.41) is 8.85. The van der Waals surface area contributed by atoms with Crippen molar-refractivity contribution in [2.45, 2.75) is 13.1 Å². The Labute approximate surface area is 206 Å². The molecule has 5 rings (SSSR count). The van der Waals surface area contributed by atoms with Gasteiger partial charge in [0.05, 0.1) is 16.9 Å². The van der Waals surface area contributed by atoms with Gasteiger partial charge < -0.3 is 20.5 Å². The average molecular weight is 519 g/mol. The third kappa shape index (κ3) is 5.12. The van der Waals surface area contributed by atoms with Gasteiger partial charge in [-0.3, -0.25) is 14.4 Å². The van der Waals surface area contributed by atoms with E-state index in [9.17, 15) is 23.2 Å². The van der Waals surface area contributed by atoms with Crippen molar-refractivity contribution in [3.8, 4) is 0 Å². The molecule has 13 heteroatoms. The largest absolute Gasteiger partial charge is 0.352 e. The Bertz CT molecular complexity index is 1450. The van der Waals surface area contributed by atoms with Gasteiger partial charge >= 0.3 is 0 Å². The number of carbonyl (C=O) groups is 3. The number of amides is 3. The van der Waals surface area contributed by atoms with E-state index in [1.807, 2.05) is 24.3 Å². The van der Waals surface area contributed by atoms with E-state index in [-0.39, 0.29) is 35.7 Å². The smallest absolute Gasteiger partial charge is 0.287 e. The average Bonchev–Trinajstić information content (AvgIpc) is 3.43. The number of anilines is 1. The van der Waals surface area contributed by atoms with E-state index in [1.54, 1.807) is 0 Å². The molecule has 0 saturated carbocycles. The fraction of sp³-hybridized carbons (Fsp3) is 0.136. The SMILES string of the molecule is CNC(=O)c1nc(NC(=O)c2nsc3ccccc23)c2n1CC(=O)NC2.Fc1ccc(Cl)cc1F. The molecule has 0 atom stereocenters. The lowest BCUT2D eigenvalue weighted by Crippen LogP contribution is -2.36. The Balaban J connectivity index is 0.000000271. The molecule has 4 aromatic rings. The quantitative estimate of drug-likeness (QED) is 0.359. The summed E-state index contributed by atoms with van der Waals surface area (Å²) in [5.41, 5.74) is 0.866. The molecule has 3 N–H and O–H groups in total. The van der Waals surface area contributed by atoms with Gasteiger partial charge in [0.15, 0.2) is 17.5 Å². The molecule has 3 amide bonds. The topological polar surface area (TPSA) is 118 Å². The zero-order valence-electron chi connectivity index (χ0n) is 18.1. The van der Waals surface area contributed by atoms with Crippen LogP contribution in [0.3, 0.4) is 0 Å². The standard InChI is InChI=1S/C16H14N6O3S.C6H3ClF2/c1-17-16(25)14-19-13(9-6-18-11(23)7-22(9)14)20-15(24)12-8-4-2-3-5-10(8)26-21-12;7-4-1-2-5(8)6(9)3-4/h2-5H,6-7H2,1H3,(H,17,25)(H,18,23)(H,20,24);1-3H. The van der Waals surface area contributed by atoms with Crippen LogP contribution in [-0.4, -0.2) is 38.7 Å². The van der Waals surface area contributed by atoms with Gasteiger partial charge in [0.25, 0.3) is 11.8 Å². The predicted octanol–water partition coefficient (Wildman–Crippen LogP) is 3.35. The highest BCUT2D eigenvalue weighted by Gasteiger charge is 2.28. The van der Waals surface area contributed by atoms with E-state index in [0.717, 1.165) is 22.2 Å². The minimum Gasteiger partial charge on any atom is -0.352 e. The maximum absolute atomic E-state index is 12.7. The Morgan fingerprint density at radius 2 is 1.91 bits per heavy atom. The molecule has 1 aliphatic heterocycles. The number of imidazole rings is 1. The van der Waals surface area contributed by atoms with E-state index in [4.69, 9.17) is 11.6 Å². The van der Waals surface area contributed by atoms with Crippen molar-refractivity contribution in [2.24, 2.45) is 0 Å². The van der Waals surface area contributed by atoms with Gasteiger partial charge in [-0.05, 0) is 35.8 Å². The summed E-state index contributed by atoms with van der Waals surface area (Å²) >= 11 is 6.55. The number of benzene rings is 2. The molecular weight excluding hydrogens is 502 g/mol. The Morgan fingerprint density at radius 3 is 2.63 bits per heavy atom. The van der Waals surface area contributed by atoms with Crippen LogP contribution in [0.15, 0.2) is 42.5 Å². The molecule has 0 fully saturated rings. The summed E-state index contributed by atoms with van der Waals surface area (Å²) < 4.78 is 30.8. The van der Waals surface area contributed by atoms with Crippen molar-refractivity contribution in [3.63, 3.8) is 0 Å². The molecule has 2 aromatic heterocycles. The number of hydrogen-bond donors (Lipinski definition) is 3. The lowest BCUT2D eigenvalue weighted by Gasteiger charge is -2.17. The van der Waals surface area contributed by atoms with E-state index >= 15 is 0 Å². The summed E-state index contributed by atoms with van der Waals surface area (Å²) in [6.07, 6.45) is 0. The third-order valence-corrected chi connectivity index (χ3v) is 6.03. The van der Waals surface area contributed by atoms with Crippen molar-refractivity contribution in [1.29, 1.82) is 0 Å². The normalized spacial score (nSPS) is 12.3. The highest BCUT2D eigenvalue weighted by molar-refractivity contribution is 7.13. The van der Waals surface area contributed by atoms with Gasteiger partial charge in [0, 0.05) is 17.5 Å². The highest BCUT2D eigenvalue weighted by atomic mass is 35.5. The third-order valence-electron chi connectivity index (χ3n) is 4.96. The van der Waals surface area contributed by atoms with Gasteiger partial charge in [-0.2, -0.15) is 4.37 Å². The first-order valence-corrected chi connectivity index (χ1v) is 11.3. The fourth-order valence-corrected chi connectivity index (χ4v) is 4.22. The van der Waals surface area contributed by atoms with Crippen molar-refractivity contribution >= 4 is 56.8 Å². The molecule has 3 heterocycles. The van der Waals surface area contributed by atoms with Crippen LogP contribution in [0, 0.1) is 11.6 Å². The minimum absolute atomic E-state index is 0.0272. The van der Waals surface area contributed by atoms with Crippen LogP contribution in [0.5, 0.6) is 0 Å². The van der Waals surface area contributed by atoms with Crippen LogP contribution >= 0.6 is 23.1 Å². The number of hydrogen-bond acceptors (Lipinski definition) is 6. The van der Waals surface area contributed by atoms with Gasteiger partial charge in [0.1, 0.15) is 12.2 Å². The number of nitrogens with zero attached hydrogens (tertiary/aromatic N) is 3. The molecule has 2 aromatic carbocycles. The highest BCUT2D eigenvalue weighted by Crippen LogP contribution is 2.25. The van der Waals surface area contributed by atoms with Crippen molar-refractivity contribution in [3.05, 3.63) is 76.3 Å². The number of rotatable bonds is 3. The van der Waals surface area contributed by atoms with E-state index in [2.05, 4.69) is 25.3 Å². The monoisotopic (exact) mass is 518 g/mol. The Morgan fingerprint density at radius 1 is 1.14 bits per heavy atom. The zero-order valence-corrected chi connectivity index (χ0v) is 19.6. The van der Waals surface area contributed by atoms with E-state index in [0.29, 0.717) is 11.4 Å². The fourth-order valence-electron chi connectivity index (χ4n) is 3.29. The molecular formula is C22H17ClF2N6O3S. The summed E-state index contributed by atoms with van der Waals surface area (Å²) in [7, 11) is 1.48. The maximum atomic E-state index is 12.7. The lowest BCUT2D eigenvalue weighted by molar-refractivity contribution is -0.122. The molecule has 1 aliphatic rings. The van der Waals surface area contributed by atoms with Crippen molar-refractivity contribution in [1.82, 2.24) is 24.6 Å². The van der Waals surface area contributed by atoms with Crippen LogP contribution < -0.4 is 16.0 Å². The van der Waals surface area contributed by atoms with Crippen molar-refractivity contribution < 1.29 is 23.2 Å². The van der Waals surface area contributed by atoms with E-state index < -0.39 is 23.4 Å². The Kier molecular flexibility index (Phi) is 7.03. The van der Waals surface area contributed by atoms with Gasteiger partial charge in [0.2, 0.25) is 11.7 Å². The molecule has 9 nitrogen and oxygen atoms in total. The van der Waals surface area contributed by atoms with E-state index in [1.165, 1.54) is 29.2 Å². The van der Waals surface area contributed by atoms with Crippen LogP contribution in [0.25, 0.3) is 10.1 Å². The summed E-state index contributed by atoms with van der Waals surface area (Å²) in [4.78, 5) is 40.6. The number of nitrogens with one attached hydrogen (secondary N) is 3. The lowest BCUT2D eigenvalue weighted by atomic mass is 10.2. The molecule has 180 valence electrons. The molecule has 0 unspecified atom stereocenters. The van der Waals surface area contributed by atoms with Gasteiger partial charge in [-0.25, -0.2) is 13.8 Å². The van der Waals surface area contributed by atoms with Crippen LogP contribution in [0.4, 0.5) is 14.6 Å². The molecule has 0 aliphatic carbocycles. The first-order valence-electron chi connectivity index (χ1n) is 10.1. The number of aromatic nitrogens is 3. The molecule has 0 saturated heterocycles. The summed E-state index contributed by atoms with van der Waals surface area (Å²) in [6.45, 7) is 0.150. The second kappa shape index (κ2) is 10.2. The van der Waals surface area contributed by atoms with Crippen LogP contribution in [0.1, 0.15) is 26.8 Å². The molecule has 35 heavy (non-hydrogen) atoms. The second-order valence-electron chi connectivity index (χ2n) is 7.21. The maximum Gasteiger partial charge on any atom is 0.287 e. The number of fused-ring (bicyclic) bond motifs is 2. The Hall–Kier alpha value is -3.90. The molecule has 0 spiro atoms. The van der Waals surface area contributed by atoms with Crippen molar-refractivity contribution in [2.75, 3.05) is 12.4 Å². The molecule has 0 bridgehead atoms. The van der Waals surface area contributed by atoms with Gasteiger partial charge in [-0.1, -0.05) is 29.8 Å². The zero-order chi connectivity index (χ0) is 25.1. The first kappa shape index (κ1) is 24.2. The predicted molar refractivity (Wildman–Crippen MR) is 126 cm³/mol.